The van der Waals surface area contributed by atoms with Crippen molar-refractivity contribution in [3.63, 3.8) is 0 Å². The van der Waals surface area contributed by atoms with E-state index >= 15 is 0 Å². The number of nitrogens with two attached hydrogens (primary N) is 2. The first-order valence-electron chi connectivity index (χ1n) is 5.86. The summed E-state index contributed by atoms with van der Waals surface area (Å²) in [5.74, 6) is -0.574. The lowest BCUT2D eigenvalue weighted by Crippen LogP contribution is -2.30. The Labute approximate surface area is 111 Å². The second kappa shape index (κ2) is 5.20. The molecule has 1 aliphatic heterocycles. The van der Waals surface area contributed by atoms with Crippen LogP contribution in [0.25, 0.3) is 0 Å². The average molecular weight is 274 g/mol. The maximum Gasteiger partial charge on any atom is 0.169 e. The predicted molar refractivity (Wildman–Crippen MR) is 72.5 cm³/mol. The number of rotatable bonds is 3. The lowest BCUT2D eigenvalue weighted by Gasteiger charge is -2.25. The molecule has 18 heavy (non-hydrogen) atoms. The third kappa shape index (κ3) is 2.47. The first-order chi connectivity index (χ1) is 8.50. The third-order valence-electron chi connectivity index (χ3n) is 3.12. The molecule has 4 nitrogen and oxygen atoms in total. The number of hydrogen-bond donors (Lipinski definition) is 2. The Morgan fingerprint density at radius 2 is 2.22 bits per heavy atom. The number of anilines is 3. The van der Waals surface area contributed by atoms with Crippen molar-refractivity contribution in [2.75, 3.05) is 36.6 Å². The van der Waals surface area contributed by atoms with E-state index < -0.39 is 5.82 Å². The molecule has 0 aliphatic carbocycles. The number of benzene rings is 1. The lowest BCUT2D eigenvalue weighted by molar-refractivity contribution is 0.116. The molecule has 1 atom stereocenters. The van der Waals surface area contributed by atoms with Crippen LogP contribution in [-0.4, -0.2) is 26.3 Å². The lowest BCUT2D eigenvalue weighted by atomic mass is 10.2. The van der Waals surface area contributed by atoms with Crippen molar-refractivity contribution in [2.45, 2.75) is 18.9 Å². The minimum atomic E-state index is -0.574. The van der Waals surface area contributed by atoms with Gasteiger partial charge < -0.3 is 21.1 Å². The zero-order valence-electron chi connectivity index (χ0n) is 10.2. The number of nitrogen functional groups attached to an aromatic ring is 2. The van der Waals surface area contributed by atoms with Gasteiger partial charge in [0.25, 0.3) is 0 Å². The minimum Gasteiger partial charge on any atom is -0.397 e. The standard InChI is InChI=1S/C12H17ClFN3O/c1-17(6-7-3-2-4-18-7)12-9(16)5-8(15)10(13)11(12)14/h5,7H,2-4,6,15-16H2,1H3. The van der Waals surface area contributed by atoms with E-state index in [-0.39, 0.29) is 28.2 Å². The molecule has 0 bridgehead atoms. The van der Waals surface area contributed by atoms with Crippen molar-refractivity contribution < 1.29 is 9.13 Å². The van der Waals surface area contributed by atoms with Crippen molar-refractivity contribution in [3.05, 3.63) is 16.9 Å². The van der Waals surface area contributed by atoms with Gasteiger partial charge in [0.2, 0.25) is 0 Å². The molecule has 1 aliphatic rings. The van der Waals surface area contributed by atoms with Gasteiger partial charge in [-0.1, -0.05) is 11.6 Å². The van der Waals surface area contributed by atoms with Crippen LogP contribution < -0.4 is 16.4 Å². The van der Waals surface area contributed by atoms with Crippen LogP contribution in [0.15, 0.2) is 6.07 Å². The summed E-state index contributed by atoms with van der Waals surface area (Å²) in [7, 11) is 1.77. The fourth-order valence-corrected chi connectivity index (χ4v) is 2.37. The molecule has 1 aromatic carbocycles. The smallest absolute Gasteiger partial charge is 0.169 e. The van der Waals surface area contributed by atoms with E-state index in [2.05, 4.69) is 0 Å². The molecular weight excluding hydrogens is 257 g/mol. The first-order valence-corrected chi connectivity index (χ1v) is 6.24. The van der Waals surface area contributed by atoms with Gasteiger partial charge in [0.15, 0.2) is 5.82 Å². The number of ether oxygens (including phenoxy) is 1. The van der Waals surface area contributed by atoms with Crippen LogP contribution >= 0.6 is 11.6 Å². The van der Waals surface area contributed by atoms with Crippen LogP contribution in [0, 0.1) is 5.82 Å². The van der Waals surface area contributed by atoms with Gasteiger partial charge in [0.05, 0.1) is 23.2 Å². The van der Waals surface area contributed by atoms with Crippen molar-refractivity contribution in [1.82, 2.24) is 0 Å². The molecule has 100 valence electrons. The summed E-state index contributed by atoms with van der Waals surface area (Å²) in [6.07, 6.45) is 2.14. The number of halogens is 2. The highest BCUT2D eigenvalue weighted by molar-refractivity contribution is 6.33. The molecule has 1 heterocycles. The highest BCUT2D eigenvalue weighted by Gasteiger charge is 2.22. The Hall–Kier alpha value is -1.20. The Kier molecular flexibility index (Phi) is 3.82. The molecule has 4 N–H and O–H groups in total. The van der Waals surface area contributed by atoms with E-state index in [9.17, 15) is 4.39 Å². The van der Waals surface area contributed by atoms with Gasteiger partial charge in [-0.05, 0) is 18.9 Å². The summed E-state index contributed by atoms with van der Waals surface area (Å²) in [5, 5.41) is -0.0848. The molecule has 1 saturated heterocycles. The molecule has 1 aromatic rings. The van der Waals surface area contributed by atoms with E-state index in [1.54, 1.807) is 11.9 Å². The van der Waals surface area contributed by atoms with Crippen LogP contribution in [-0.2, 0) is 4.74 Å². The van der Waals surface area contributed by atoms with Crippen LogP contribution in [0.4, 0.5) is 21.5 Å². The maximum absolute atomic E-state index is 14.1. The Morgan fingerprint density at radius 3 is 2.83 bits per heavy atom. The summed E-state index contributed by atoms with van der Waals surface area (Å²) < 4.78 is 19.6. The molecule has 1 unspecified atom stereocenters. The SMILES string of the molecule is CN(CC1CCCO1)c1c(N)cc(N)c(Cl)c1F. The number of likely N-dealkylation sites (N-methyl/N-ethyl adjacent to an activating group) is 1. The van der Waals surface area contributed by atoms with Crippen molar-refractivity contribution in [1.29, 1.82) is 0 Å². The van der Waals surface area contributed by atoms with Crippen LogP contribution in [0.5, 0.6) is 0 Å². The highest BCUT2D eigenvalue weighted by atomic mass is 35.5. The third-order valence-corrected chi connectivity index (χ3v) is 3.51. The van der Waals surface area contributed by atoms with Crippen molar-refractivity contribution in [3.8, 4) is 0 Å². The Bertz CT molecular complexity index is 449. The number of hydrogen-bond acceptors (Lipinski definition) is 4. The molecule has 1 fully saturated rings. The van der Waals surface area contributed by atoms with Gasteiger partial charge in [0, 0.05) is 20.2 Å². The minimum absolute atomic E-state index is 0.0848. The van der Waals surface area contributed by atoms with E-state index in [0.717, 1.165) is 19.4 Å². The van der Waals surface area contributed by atoms with Gasteiger partial charge in [-0.2, -0.15) is 0 Å². The molecular formula is C12H17ClFN3O. The highest BCUT2D eigenvalue weighted by Crippen LogP contribution is 2.36. The van der Waals surface area contributed by atoms with Crippen molar-refractivity contribution in [2.24, 2.45) is 0 Å². The topological polar surface area (TPSA) is 64.5 Å². The summed E-state index contributed by atoms with van der Waals surface area (Å²) in [6, 6.07) is 1.48. The van der Waals surface area contributed by atoms with E-state index in [1.165, 1.54) is 6.07 Å². The quantitative estimate of drug-likeness (QED) is 0.829. The molecule has 2 rings (SSSR count). The Morgan fingerprint density at radius 1 is 1.50 bits per heavy atom. The van der Waals surface area contributed by atoms with Gasteiger partial charge in [-0.3, -0.25) is 0 Å². The Balaban J connectivity index is 2.23. The molecule has 6 heteroatoms. The maximum atomic E-state index is 14.1. The monoisotopic (exact) mass is 273 g/mol. The van der Waals surface area contributed by atoms with E-state index in [4.69, 9.17) is 27.8 Å². The molecule has 0 amide bonds. The summed E-state index contributed by atoms with van der Waals surface area (Å²) in [6.45, 7) is 1.35. The molecule has 0 spiro atoms. The van der Waals surface area contributed by atoms with Gasteiger partial charge in [-0.15, -0.1) is 0 Å². The summed E-state index contributed by atoms with van der Waals surface area (Å²) in [5.41, 5.74) is 12.1. The zero-order valence-corrected chi connectivity index (χ0v) is 11.0. The van der Waals surface area contributed by atoms with E-state index in [1.807, 2.05) is 0 Å². The van der Waals surface area contributed by atoms with Crippen molar-refractivity contribution >= 4 is 28.7 Å². The van der Waals surface area contributed by atoms with Gasteiger partial charge in [0.1, 0.15) is 5.02 Å². The summed E-state index contributed by atoms with van der Waals surface area (Å²) in [4.78, 5) is 1.73. The second-order valence-electron chi connectivity index (χ2n) is 4.55. The normalized spacial score (nSPS) is 19.2. The predicted octanol–water partition coefficient (Wildman–Crippen LogP) is 2.26. The average Bonchev–Trinajstić information content (AvgIpc) is 2.78. The largest absolute Gasteiger partial charge is 0.397 e. The van der Waals surface area contributed by atoms with Crippen LogP contribution in [0.2, 0.25) is 5.02 Å². The fourth-order valence-electron chi connectivity index (χ4n) is 2.23. The molecule has 0 saturated carbocycles. The van der Waals surface area contributed by atoms with E-state index in [0.29, 0.717) is 6.54 Å². The first kappa shape index (κ1) is 13.2. The van der Waals surface area contributed by atoms with Crippen LogP contribution in [0.3, 0.4) is 0 Å². The number of nitrogens with zero attached hydrogens (tertiary/aromatic N) is 1. The van der Waals surface area contributed by atoms with Gasteiger partial charge >= 0.3 is 0 Å². The molecule has 0 aromatic heterocycles. The zero-order chi connectivity index (χ0) is 13.3. The summed E-state index contributed by atoms with van der Waals surface area (Å²) >= 11 is 5.80. The van der Waals surface area contributed by atoms with Crippen LogP contribution in [0.1, 0.15) is 12.8 Å². The van der Waals surface area contributed by atoms with Gasteiger partial charge in [-0.25, -0.2) is 4.39 Å². The fraction of sp³-hybridized carbons (Fsp3) is 0.500. The second-order valence-corrected chi connectivity index (χ2v) is 4.93. The molecule has 0 radical (unpaired) electrons.